The van der Waals surface area contributed by atoms with Crippen molar-refractivity contribution in [3.05, 3.63) is 33.1 Å². The maximum atomic E-state index is 12.4. The zero-order valence-corrected chi connectivity index (χ0v) is 8.41. The minimum absolute atomic E-state index is 0.247. The third-order valence-electron chi connectivity index (χ3n) is 1.95. The maximum Gasteiger partial charge on any atom is 0.433 e. The quantitative estimate of drug-likeness (QED) is 0.521. The van der Waals surface area contributed by atoms with Crippen LogP contribution in [0.3, 0.4) is 0 Å². The van der Waals surface area contributed by atoms with Gasteiger partial charge in [0.1, 0.15) is 0 Å². The van der Waals surface area contributed by atoms with Crippen LogP contribution in [0.1, 0.15) is 23.4 Å². The van der Waals surface area contributed by atoms with E-state index in [1.54, 1.807) is 0 Å². The first-order chi connectivity index (χ1) is 8.18. The molecule has 0 bridgehead atoms. The van der Waals surface area contributed by atoms with Gasteiger partial charge in [-0.05, 0) is 0 Å². The van der Waals surface area contributed by atoms with Crippen LogP contribution >= 0.6 is 0 Å². The second-order valence-corrected chi connectivity index (χ2v) is 3.11. The molecule has 0 saturated heterocycles. The van der Waals surface area contributed by atoms with Crippen molar-refractivity contribution in [3.8, 4) is 0 Å². The minimum Gasteiger partial charge on any atom is -0.392 e. The fraction of sp³-hybridized carbons (Fsp3) is 0.375. The average Bonchev–Trinajstić information content (AvgIpc) is 2.25. The van der Waals surface area contributed by atoms with Gasteiger partial charge >= 0.3 is 6.18 Å². The molecule has 0 aromatic carbocycles. The van der Waals surface area contributed by atoms with Crippen molar-refractivity contribution < 1.29 is 32.0 Å². The molecule has 10 heteroatoms. The monoisotopic (exact) mass is 272 g/mol. The number of nitro groups is 1. The number of alkyl halides is 5. The number of hydrogen-bond donors (Lipinski definition) is 1. The van der Waals surface area contributed by atoms with Crippen LogP contribution in [-0.2, 0) is 12.8 Å². The molecule has 0 atom stereocenters. The summed E-state index contributed by atoms with van der Waals surface area (Å²) in [6.45, 7) is -1.20. The lowest BCUT2D eigenvalue weighted by molar-refractivity contribution is -0.386. The van der Waals surface area contributed by atoms with E-state index in [4.69, 9.17) is 5.11 Å². The van der Waals surface area contributed by atoms with Crippen LogP contribution in [0, 0.1) is 10.1 Å². The van der Waals surface area contributed by atoms with Crippen LogP contribution in [0.4, 0.5) is 27.6 Å². The zero-order chi connectivity index (χ0) is 14.1. The fourth-order valence-corrected chi connectivity index (χ4v) is 1.23. The van der Waals surface area contributed by atoms with E-state index in [0.29, 0.717) is 0 Å². The lowest BCUT2D eigenvalue weighted by Gasteiger charge is -2.12. The molecule has 0 aliphatic heterocycles. The second-order valence-electron chi connectivity index (χ2n) is 3.11. The second kappa shape index (κ2) is 4.80. The molecule has 1 N–H and O–H groups in total. The zero-order valence-electron chi connectivity index (χ0n) is 8.41. The Bertz CT molecular complexity index is 475. The van der Waals surface area contributed by atoms with Gasteiger partial charge in [0.25, 0.3) is 12.1 Å². The molecule has 1 heterocycles. The number of nitrogens with zero attached hydrogens (tertiary/aromatic N) is 2. The molecule has 1 aromatic rings. The molecule has 0 spiro atoms. The van der Waals surface area contributed by atoms with Crippen LogP contribution in [0.15, 0.2) is 6.07 Å². The van der Waals surface area contributed by atoms with Gasteiger partial charge in [-0.1, -0.05) is 0 Å². The molecule has 18 heavy (non-hydrogen) atoms. The summed E-state index contributed by atoms with van der Waals surface area (Å²) in [6, 6.07) is 0.247. The van der Waals surface area contributed by atoms with Crippen LogP contribution in [0.2, 0.25) is 0 Å². The molecule has 1 aromatic heterocycles. The van der Waals surface area contributed by atoms with Gasteiger partial charge in [-0.3, -0.25) is 10.1 Å². The largest absolute Gasteiger partial charge is 0.433 e. The Kier molecular flexibility index (Phi) is 3.79. The van der Waals surface area contributed by atoms with Gasteiger partial charge in [0.15, 0.2) is 11.4 Å². The van der Waals surface area contributed by atoms with Gasteiger partial charge < -0.3 is 5.11 Å². The molecule has 0 saturated carbocycles. The topological polar surface area (TPSA) is 76.3 Å². The number of aromatic nitrogens is 1. The molecule has 1 rings (SSSR count). The molecule has 0 aliphatic carbocycles. The fourth-order valence-electron chi connectivity index (χ4n) is 1.23. The molecule has 0 radical (unpaired) electrons. The molecule has 100 valence electrons. The standard InChI is InChI=1S/C8H5F5N2O3/c9-7(10)5-4(15(17)18)1-3(2-16)6(14-5)8(11,12)13/h1,7,16H,2H2. The maximum absolute atomic E-state index is 12.4. The first-order valence-electron chi connectivity index (χ1n) is 4.33. The third kappa shape index (κ3) is 2.70. The summed E-state index contributed by atoms with van der Waals surface area (Å²) in [4.78, 5) is 11.7. The summed E-state index contributed by atoms with van der Waals surface area (Å²) < 4.78 is 62.1. The predicted molar refractivity (Wildman–Crippen MR) is 46.8 cm³/mol. The van der Waals surface area contributed by atoms with Crippen molar-refractivity contribution in [1.82, 2.24) is 4.98 Å². The van der Waals surface area contributed by atoms with Crippen molar-refractivity contribution in [3.63, 3.8) is 0 Å². The van der Waals surface area contributed by atoms with Crippen molar-refractivity contribution in [2.24, 2.45) is 0 Å². The van der Waals surface area contributed by atoms with Crippen molar-refractivity contribution in [2.75, 3.05) is 0 Å². The number of rotatable bonds is 3. The predicted octanol–water partition coefficient (Wildman–Crippen LogP) is 2.44. The van der Waals surface area contributed by atoms with E-state index in [-0.39, 0.29) is 6.07 Å². The van der Waals surface area contributed by atoms with Gasteiger partial charge in [0.05, 0.1) is 11.5 Å². The average molecular weight is 272 g/mol. The van der Waals surface area contributed by atoms with Gasteiger partial charge in [-0.2, -0.15) is 13.2 Å². The SMILES string of the molecule is O=[N+]([O-])c1cc(CO)c(C(F)(F)F)nc1C(F)F. The van der Waals surface area contributed by atoms with Crippen molar-refractivity contribution in [1.29, 1.82) is 0 Å². The van der Waals surface area contributed by atoms with E-state index >= 15 is 0 Å². The van der Waals surface area contributed by atoms with Crippen LogP contribution in [0.25, 0.3) is 0 Å². The highest BCUT2D eigenvalue weighted by Crippen LogP contribution is 2.36. The number of aliphatic hydroxyl groups is 1. The summed E-state index contributed by atoms with van der Waals surface area (Å²) in [5.41, 5.74) is -5.53. The molecule has 0 amide bonds. The summed E-state index contributed by atoms with van der Waals surface area (Å²) in [5.74, 6) is 0. The van der Waals surface area contributed by atoms with E-state index in [9.17, 15) is 32.1 Å². The molecular formula is C8H5F5N2O3. The summed E-state index contributed by atoms with van der Waals surface area (Å²) >= 11 is 0. The van der Waals surface area contributed by atoms with Gasteiger partial charge in [-0.15, -0.1) is 0 Å². The molecule has 0 fully saturated rings. The Morgan fingerprint density at radius 3 is 2.33 bits per heavy atom. The molecule has 0 unspecified atom stereocenters. The highest BCUT2D eigenvalue weighted by molar-refractivity contribution is 5.42. The molecule has 5 nitrogen and oxygen atoms in total. The highest BCUT2D eigenvalue weighted by Gasteiger charge is 2.39. The highest BCUT2D eigenvalue weighted by atomic mass is 19.4. The van der Waals surface area contributed by atoms with Gasteiger partial charge in [-0.25, -0.2) is 13.8 Å². The third-order valence-corrected chi connectivity index (χ3v) is 1.95. The van der Waals surface area contributed by atoms with E-state index in [2.05, 4.69) is 4.98 Å². The molecule has 0 aliphatic rings. The van der Waals surface area contributed by atoms with E-state index in [1.807, 2.05) is 0 Å². The number of hydrogen-bond acceptors (Lipinski definition) is 4. The van der Waals surface area contributed by atoms with Crippen molar-refractivity contribution in [2.45, 2.75) is 19.2 Å². The smallest absolute Gasteiger partial charge is 0.392 e. The summed E-state index contributed by atoms with van der Waals surface area (Å²) in [5, 5.41) is 19.1. The van der Waals surface area contributed by atoms with E-state index in [0.717, 1.165) is 0 Å². The Balaban J connectivity index is 3.57. The van der Waals surface area contributed by atoms with Crippen LogP contribution < -0.4 is 0 Å². The normalized spacial score (nSPS) is 11.9. The Morgan fingerprint density at radius 1 is 1.44 bits per heavy atom. The van der Waals surface area contributed by atoms with Crippen LogP contribution in [-0.4, -0.2) is 15.0 Å². The minimum atomic E-state index is -5.09. The Hall–Kier alpha value is -1.84. The lowest BCUT2D eigenvalue weighted by Crippen LogP contribution is -2.15. The Morgan fingerprint density at radius 2 is 2.00 bits per heavy atom. The first-order valence-corrected chi connectivity index (χ1v) is 4.33. The Labute approximate surface area is 96.0 Å². The van der Waals surface area contributed by atoms with Gasteiger partial charge in [0, 0.05) is 11.6 Å². The van der Waals surface area contributed by atoms with E-state index < -0.39 is 46.8 Å². The first kappa shape index (κ1) is 14.2. The number of pyridine rings is 1. The van der Waals surface area contributed by atoms with Gasteiger partial charge in [0.2, 0.25) is 0 Å². The summed E-state index contributed by atoms with van der Waals surface area (Å²) in [6.07, 6.45) is -8.61. The van der Waals surface area contributed by atoms with Crippen LogP contribution in [0.5, 0.6) is 0 Å². The van der Waals surface area contributed by atoms with E-state index in [1.165, 1.54) is 0 Å². The number of halogens is 5. The summed E-state index contributed by atoms with van der Waals surface area (Å²) in [7, 11) is 0. The molecular weight excluding hydrogens is 267 g/mol. The van der Waals surface area contributed by atoms with Crippen molar-refractivity contribution >= 4 is 5.69 Å². The lowest BCUT2D eigenvalue weighted by atomic mass is 10.1. The number of aliphatic hydroxyl groups excluding tert-OH is 1.